The van der Waals surface area contributed by atoms with Crippen molar-refractivity contribution in [3.8, 4) is 28.7 Å². The molecule has 0 bridgehead atoms. The van der Waals surface area contributed by atoms with Gasteiger partial charge in [-0.2, -0.15) is 5.26 Å². The van der Waals surface area contributed by atoms with Crippen molar-refractivity contribution >= 4 is 17.6 Å². The van der Waals surface area contributed by atoms with Crippen molar-refractivity contribution in [2.75, 3.05) is 6.54 Å². The molecule has 3 aromatic carbocycles. The predicted molar refractivity (Wildman–Crippen MR) is 158 cm³/mol. The minimum absolute atomic E-state index is 0.0817. The fourth-order valence-electron chi connectivity index (χ4n) is 5.15. The summed E-state index contributed by atoms with van der Waals surface area (Å²) in [6, 6.07) is 23.9. The van der Waals surface area contributed by atoms with Gasteiger partial charge in [-0.15, -0.1) is 0 Å². The number of halogens is 1. The maximum Gasteiger partial charge on any atom is 0.306 e. The highest BCUT2D eigenvalue weighted by Gasteiger charge is 2.27. The lowest BCUT2D eigenvalue weighted by molar-refractivity contribution is -0.139. The van der Waals surface area contributed by atoms with Crippen molar-refractivity contribution in [2.45, 2.75) is 44.6 Å². The lowest BCUT2D eigenvalue weighted by atomic mass is 9.97. The first kappa shape index (κ1) is 29.1. The molecule has 214 valence electrons. The van der Waals surface area contributed by atoms with Crippen LogP contribution < -0.4 is 14.8 Å². The fourth-order valence-corrected chi connectivity index (χ4v) is 5.39. The Morgan fingerprint density at radius 2 is 1.95 bits per heavy atom. The number of rotatable bonds is 12. The van der Waals surface area contributed by atoms with E-state index in [1.807, 2.05) is 18.2 Å². The number of aromatic nitrogens is 1. The van der Waals surface area contributed by atoms with Crippen LogP contribution in [-0.2, 0) is 24.4 Å². The summed E-state index contributed by atoms with van der Waals surface area (Å²) >= 11 is 6.72. The maximum atomic E-state index is 10.9. The van der Waals surface area contributed by atoms with E-state index in [4.69, 9.17) is 26.2 Å². The molecule has 0 saturated heterocycles. The average molecular weight is 584 g/mol. The lowest BCUT2D eigenvalue weighted by Crippen LogP contribution is -2.28. The SMILES string of the molecule is N#Cc1cncc(COc2cc(O[C@@H]3CCc4c(-c5ccccc5)cccc43)c(Cl)cc2CNCC(O)CC(=O)O)c1. The van der Waals surface area contributed by atoms with E-state index in [0.717, 1.165) is 24.0 Å². The second-order valence-electron chi connectivity index (χ2n) is 10.1. The molecule has 1 aromatic heterocycles. The molecule has 4 aromatic rings. The summed E-state index contributed by atoms with van der Waals surface area (Å²) < 4.78 is 12.7. The summed E-state index contributed by atoms with van der Waals surface area (Å²) in [6.07, 6.45) is 3.24. The zero-order valence-electron chi connectivity index (χ0n) is 22.8. The van der Waals surface area contributed by atoms with Crippen LogP contribution in [-0.4, -0.2) is 33.8 Å². The molecule has 5 rings (SSSR count). The van der Waals surface area contributed by atoms with Crippen molar-refractivity contribution in [1.82, 2.24) is 10.3 Å². The second kappa shape index (κ2) is 13.5. The van der Waals surface area contributed by atoms with Gasteiger partial charge in [-0.25, -0.2) is 0 Å². The van der Waals surface area contributed by atoms with Crippen molar-refractivity contribution in [3.05, 3.63) is 112 Å². The van der Waals surface area contributed by atoms with Crippen molar-refractivity contribution in [3.63, 3.8) is 0 Å². The highest BCUT2D eigenvalue weighted by molar-refractivity contribution is 6.32. The van der Waals surface area contributed by atoms with Gasteiger partial charge in [0.15, 0.2) is 0 Å². The molecule has 9 heteroatoms. The Kier molecular flexibility index (Phi) is 9.35. The van der Waals surface area contributed by atoms with E-state index >= 15 is 0 Å². The molecule has 0 saturated carbocycles. The molecule has 42 heavy (non-hydrogen) atoms. The lowest BCUT2D eigenvalue weighted by Gasteiger charge is -2.20. The molecule has 0 amide bonds. The zero-order chi connectivity index (χ0) is 29.5. The molecule has 2 atom stereocenters. The average Bonchev–Trinajstić information content (AvgIpc) is 3.40. The summed E-state index contributed by atoms with van der Waals surface area (Å²) in [5.74, 6) is -0.0862. The van der Waals surface area contributed by atoms with Gasteiger partial charge in [0.1, 0.15) is 30.3 Å². The van der Waals surface area contributed by atoms with E-state index < -0.39 is 12.1 Å². The minimum Gasteiger partial charge on any atom is -0.488 e. The van der Waals surface area contributed by atoms with Crippen LogP contribution >= 0.6 is 11.6 Å². The molecule has 1 heterocycles. The van der Waals surface area contributed by atoms with Gasteiger partial charge in [0.25, 0.3) is 0 Å². The van der Waals surface area contributed by atoms with E-state index in [-0.39, 0.29) is 32.2 Å². The number of nitrogens with zero attached hydrogens (tertiary/aromatic N) is 2. The standard InChI is InChI=1S/C33H30ClN3O5/c34-29-12-24(18-37-19-25(38)13-33(39)40)31(41-20-22-11-21(15-35)16-36-17-22)14-32(29)42-30-10-9-27-26(7-4-8-28(27)30)23-5-2-1-3-6-23/h1-8,11-12,14,16-17,25,30,37-38H,9-10,13,18-20H2,(H,39,40)/t25?,30-/m1/s1. The van der Waals surface area contributed by atoms with Crippen LogP contribution in [0.15, 0.2) is 79.1 Å². The first-order chi connectivity index (χ1) is 20.4. The predicted octanol–water partition coefficient (Wildman–Crippen LogP) is 5.84. The van der Waals surface area contributed by atoms with Gasteiger partial charge in [0.05, 0.1) is 23.1 Å². The molecule has 1 unspecified atom stereocenters. The topological polar surface area (TPSA) is 125 Å². The number of fused-ring (bicyclic) bond motifs is 1. The Morgan fingerprint density at radius 3 is 2.74 bits per heavy atom. The first-order valence-electron chi connectivity index (χ1n) is 13.6. The summed E-state index contributed by atoms with van der Waals surface area (Å²) in [5.41, 5.74) is 6.63. The third kappa shape index (κ3) is 7.07. The number of benzene rings is 3. The Bertz CT molecular complexity index is 1610. The highest BCUT2D eigenvalue weighted by atomic mass is 35.5. The van der Waals surface area contributed by atoms with Crippen LogP contribution in [0.5, 0.6) is 11.5 Å². The number of nitriles is 1. The molecule has 0 spiro atoms. The maximum absolute atomic E-state index is 10.9. The van der Waals surface area contributed by atoms with E-state index in [9.17, 15) is 15.2 Å². The van der Waals surface area contributed by atoms with Crippen molar-refractivity contribution in [1.29, 1.82) is 5.26 Å². The van der Waals surface area contributed by atoms with Crippen LogP contribution in [0, 0.1) is 11.3 Å². The van der Waals surface area contributed by atoms with Crippen LogP contribution in [0.1, 0.15) is 46.8 Å². The smallest absolute Gasteiger partial charge is 0.306 e. The number of hydrogen-bond donors (Lipinski definition) is 3. The monoisotopic (exact) mass is 583 g/mol. The third-order valence-electron chi connectivity index (χ3n) is 7.11. The highest BCUT2D eigenvalue weighted by Crippen LogP contribution is 2.42. The molecule has 8 nitrogen and oxygen atoms in total. The largest absolute Gasteiger partial charge is 0.488 e. The molecular formula is C33H30ClN3O5. The molecule has 0 radical (unpaired) electrons. The number of carbonyl (C=O) groups is 1. The molecular weight excluding hydrogens is 554 g/mol. The van der Waals surface area contributed by atoms with Gasteiger partial charge < -0.3 is 25.0 Å². The molecule has 1 aliphatic carbocycles. The number of pyridine rings is 1. The van der Waals surface area contributed by atoms with Gasteiger partial charge in [0, 0.05) is 42.7 Å². The fraction of sp³-hybridized carbons (Fsp3) is 0.242. The summed E-state index contributed by atoms with van der Waals surface area (Å²) in [6.45, 7) is 0.512. The Morgan fingerprint density at radius 1 is 1.12 bits per heavy atom. The second-order valence-corrected chi connectivity index (χ2v) is 10.5. The van der Waals surface area contributed by atoms with Crippen molar-refractivity contribution < 1.29 is 24.5 Å². The molecule has 0 fully saturated rings. The third-order valence-corrected chi connectivity index (χ3v) is 7.40. The number of aliphatic hydroxyl groups excluding tert-OH is 1. The van der Waals surface area contributed by atoms with E-state index in [2.05, 4.69) is 46.7 Å². The number of nitrogens with one attached hydrogen (secondary N) is 1. The van der Waals surface area contributed by atoms with Gasteiger partial charge >= 0.3 is 5.97 Å². The molecule has 3 N–H and O–H groups in total. The Balaban J connectivity index is 1.38. The number of aliphatic hydroxyl groups is 1. The summed E-state index contributed by atoms with van der Waals surface area (Å²) in [4.78, 5) is 15.0. The van der Waals surface area contributed by atoms with Crippen LogP contribution in [0.2, 0.25) is 5.02 Å². The van der Waals surface area contributed by atoms with Crippen LogP contribution in [0.4, 0.5) is 0 Å². The number of hydrogen-bond acceptors (Lipinski definition) is 7. The molecule has 0 aliphatic heterocycles. The number of aliphatic carboxylic acids is 1. The zero-order valence-corrected chi connectivity index (χ0v) is 23.6. The van der Waals surface area contributed by atoms with E-state index in [1.54, 1.807) is 24.4 Å². The van der Waals surface area contributed by atoms with Gasteiger partial charge in [-0.3, -0.25) is 9.78 Å². The van der Waals surface area contributed by atoms with Gasteiger partial charge in [0.2, 0.25) is 0 Å². The normalized spacial score (nSPS) is 14.5. The number of carboxylic acid groups (broad SMARTS) is 1. The summed E-state index contributed by atoms with van der Waals surface area (Å²) in [5, 5.41) is 31.6. The van der Waals surface area contributed by atoms with E-state index in [0.29, 0.717) is 27.6 Å². The van der Waals surface area contributed by atoms with Gasteiger partial charge in [-0.1, -0.05) is 60.1 Å². The number of ether oxygens (including phenoxy) is 2. The Hall–Kier alpha value is -4.42. The van der Waals surface area contributed by atoms with Gasteiger partial charge in [-0.05, 0) is 47.2 Å². The van der Waals surface area contributed by atoms with Crippen LogP contribution in [0.3, 0.4) is 0 Å². The quantitative estimate of drug-likeness (QED) is 0.190. The van der Waals surface area contributed by atoms with Crippen LogP contribution in [0.25, 0.3) is 11.1 Å². The number of carboxylic acids is 1. The summed E-state index contributed by atoms with van der Waals surface area (Å²) in [7, 11) is 0. The van der Waals surface area contributed by atoms with Crippen molar-refractivity contribution in [2.24, 2.45) is 0 Å². The van der Waals surface area contributed by atoms with E-state index in [1.165, 1.54) is 22.9 Å². The Labute approximate surface area is 249 Å². The minimum atomic E-state index is -1.07. The molecule has 1 aliphatic rings. The first-order valence-corrected chi connectivity index (χ1v) is 14.0.